The van der Waals surface area contributed by atoms with Crippen molar-refractivity contribution < 1.29 is 24.0 Å². The maximum Gasteiger partial charge on any atom is 0.339 e. The summed E-state index contributed by atoms with van der Waals surface area (Å²) in [5.74, 6) is -1.96. The van der Waals surface area contributed by atoms with Gasteiger partial charge in [0.15, 0.2) is 0 Å². The SMILES string of the molecule is CC(=O)CC(=O)ONC(=O)c1ccc(N2N=CCCC2=O)cc1. The minimum Gasteiger partial charge on any atom is -0.340 e. The van der Waals surface area contributed by atoms with Crippen molar-refractivity contribution in [3.63, 3.8) is 0 Å². The molecule has 23 heavy (non-hydrogen) atoms. The third-order valence-electron chi connectivity index (χ3n) is 2.95. The first-order chi connectivity index (χ1) is 11.0. The fraction of sp³-hybridized carbons (Fsp3) is 0.267. The molecule has 1 heterocycles. The van der Waals surface area contributed by atoms with E-state index in [0.29, 0.717) is 18.5 Å². The van der Waals surface area contributed by atoms with Crippen LogP contribution >= 0.6 is 0 Å². The van der Waals surface area contributed by atoms with E-state index in [0.717, 1.165) is 0 Å². The van der Waals surface area contributed by atoms with Gasteiger partial charge in [-0.25, -0.2) is 9.80 Å². The summed E-state index contributed by atoms with van der Waals surface area (Å²) in [7, 11) is 0. The van der Waals surface area contributed by atoms with E-state index in [2.05, 4.69) is 9.94 Å². The largest absolute Gasteiger partial charge is 0.340 e. The van der Waals surface area contributed by atoms with Crippen LogP contribution < -0.4 is 10.5 Å². The predicted molar refractivity (Wildman–Crippen MR) is 80.5 cm³/mol. The van der Waals surface area contributed by atoms with E-state index < -0.39 is 18.3 Å². The maximum atomic E-state index is 11.8. The van der Waals surface area contributed by atoms with Crippen molar-refractivity contribution in [1.82, 2.24) is 5.48 Å². The summed E-state index contributed by atoms with van der Waals surface area (Å²) >= 11 is 0. The van der Waals surface area contributed by atoms with E-state index in [1.807, 2.05) is 5.48 Å². The van der Waals surface area contributed by atoms with Gasteiger partial charge in [0, 0.05) is 18.2 Å². The van der Waals surface area contributed by atoms with E-state index in [9.17, 15) is 19.2 Å². The van der Waals surface area contributed by atoms with Crippen molar-refractivity contribution in [2.24, 2.45) is 5.10 Å². The Bertz CT molecular complexity index is 666. The molecule has 0 unspecified atom stereocenters. The maximum absolute atomic E-state index is 11.8. The Balaban J connectivity index is 1.96. The molecule has 1 aromatic rings. The summed E-state index contributed by atoms with van der Waals surface area (Å²) in [4.78, 5) is 49.9. The molecule has 8 heteroatoms. The highest BCUT2D eigenvalue weighted by Crippen LogP contribution is 2.19. The zero-order chi connectivity index (χ0) is 16.8. The predicted octanol–water partition coefficient (Wildman–Crippen LogP) is 0.966. The molecule has 1 N–H and O–H groups in total. The van der Waals surface area contributed by atoms with E-state index >= 15 is 0 Å². The first-order valence-corrected chi connectivity index (χ1v) is 6.92. The number of ketones is 1. The van der Waals surface area contributed by atoms with Crippen molar-refractivity contribution >= 4 is 35.5 Å². The number of benzene rings is 1. The average molecular weight is 317 g/mol. The molecule has 2 amide bonds. The number of hydroxylamine groups is 1. The zero-order valence-electron chi connectivity index (χ0n) is 12.4. The fourth-order valence-corrected chi connectivity index (χ4v) is 1.86. The minimum atomic E-state index is -0.837. The molecule has 0 fully saturated rings. The van der Waals surface area contributed by atoms with Crippen LogP contribution in [0.25, 0.3) is 0 Å². The molecule has 8 nitrogen and oxygen atoms in total. The number of Topliss-reactive ketones (excluding diaryl/α,β-unsaturated/α-hetero) is 1. The molecule has 1 aromatic carbocycles. The highest BCUT2D eigenvalue weighted by Gasteiger charge is 2.18. The number of hydrogen-bond acceptors (Lipinski definition) is 6. The summed E-state index contributed by atoms with van der Waals surface area (Å²) in [5.41, 5.74) is 2.73. The molecule has 0 saturated heterocycles. The number of carbonyl (C=O) groups is 4. The van der Waals surface area contributed by atoms with Gasteiger partial charge >= 0.3 is 5.97 Å². The smallest absolute Gasteiger partial charge is 0.339 e. The summed E-state index contributed by atoms with van der Waals surface area (Å²) in [6.45, 7) is 1.24. The van der Waals surface area contributed by atoms with Crippen LogP contribution in [0.3, 0.4) is 0 Å². The molecule has 1 aliphatic rings. The normalized spacial score (nSPS) is 13.6. The molecule has 0 spiro atoms. The van der Waals surface area contributed by atoms with Crippen molar-refractivity contribution in [2.75, 3.05) is 5.01 Å². The van der Waals surface area contributed by atoms with Crippen LogP contribution in [-0.2, 0) is 19.2 Å². The van der Waals surface area contributed by atoms with Crippen molar-refractivity contribution in [1.29, 1.82) is 0 Å². The molecule has 0 atom stereocenters. The fourth-order valence-electron chi connectivity index (χ4n) is 1.86. The molecule has 120 valence electrons. The quantitative estimate of drug-likeness (QED) is 0.658. The van der Waals surface area contributed by atoms with Crippen LogP contribution in [0.15, 0.2) is 29.4 Å². The van der Waals surface area contributed by atoms with Crippen LogP contribution in [-0.4, -0.2) is 29.8 Å². The highest BCUT2D eigenvalue weighted by molar-refractivity contribution is 5.99. The highest BCUT2D eigenvalue weighted by atomic mass is 16.7. The standard InChI is InChI=1S/C15H15N3O5/c1-10(19)9-14(21)23-17-15(22)11-4-6-12(7-5-11)18-13(20)3-2-8-16-18/h4-8H,2-3,9H2,1H3,(H,17,22). The van der Waals surface area contributed by atoms with Gasteiger partial charge in [0.25, 0.3) is 5.91 Å². The number of carbonyl (C=O) groups excluding carboxylic acids is 4. The number of nitrogens with zero attached hydrogens (tertiary/aromatic N) is 2. The van der Waals surface area contributed by atoms with Crippen LogP contribution in [0, 0.1) is 0 Å². The van der Waals surface area contributed by atoms with Crippen molar-refractivity contribution in [2.45, 2.75) is 26.2 Å². The second-order valence-electron chi connectivity index (χ2n) is 4.87. The lowest BCUT2D eigenvalue weighted by Crippen LogP contribution is -2.29. The molecular weight excluding hydrogens is 302 g/mol. The topological polar surface area (TPSA) is 105 Å². The van der Waals surface area contributed by atoms with E-state index in [1.54, 1.807) is 18.3 Å². The molecular formula is C15H15N3O5. The Morgan fingerprint density at radius 2 is 1.96 bits per heavy atom. The van der Waals surface area contributed by atoms with Crippen LogP contribution in [0.2, 0.25) is 0 Å². The summed E-state index contributed by atoms with van der Waals surface area (Å²) < 4.78 is 0. The summed E-state index contributed by atoms with van der Waals surface area (Å²) in [5, 5.41) is 5.26. The first kappa shape index (κ1) is 16.3. The van der Waals surface area contributed by atoms with E-state index in [1.165, 1.54) is 24.1 Å². The Hall–Kier alpha value is -3.03. The zero-order valence-corrected chi connectivity index (χ0v) is 12.4. The van der Waals surface area contributed by atoms with Gasteiger partial charge < -0.3 is 4.84 Å². The van der Waals surface area contributed by atoms with E-state index in [-0.39, 0.29) is 17.3 Å². The second-order valence-corrected chi connectivity index (χ2v) is 4.87. The number of rotatable bonds is 4. The summed E-state index contributed by atoms with van der Waals surface area (Å²) in [6.07, 6.45) is 2.24. The monoisotopic (exact) mass is 317 g/mol. The average Bonchev–Trinajstić information content (AvgIpc) is 2.53. The first-order valence-electron chi connectivity index (χ1n) is 6.92. The number of hydrazone groups is 1. The Morgan fingerprint density at radius 1 is 1.26 bits per heavy atom. The van der Waals surface area contributed by atoms with Crippen LogP contribution in [0.4, 0.5) is 5.69 Å². The number of nitrogens with one attached hydrogen (secondary N) is 1. The van der Waals surface area contributed by atoms with Crippen LogP contribution in [0.1, 0.15) is 36.5 Å². The number of amides is 2. The lowest BCUT2D eigenvalue weighted by atomic mass is 10.2. The molecule has 2 rings (SSSR count). The molecule has 0 bridgehead atoms. The van der Waals surface area contributed by atoms with Crippen molar-refractivity contribution in [3.8, 4) is 0 Å². The Labute approximate surface area is 132 Å². The third-order valence-corrected chi connectivity index (χ3v) is 2.95. The van der Waals surface area contributed by atoms with Gasteiger partial charge in [-0.05, 0) is 37.6 Å². The molecule has 1 aliphatic heterocycles. The second kappa shape index (κ2) is 7.30. The Kier molecular flexibility index (Phi) is 5.19. The minimum absolute atomic E-state index is 0.122. The van der Waals surface area contributed by atoms with Gasteiger partial charge in [0.05, 0.1) is 5.69 Å². The van der Waals surface area contributed by atoms with Gasteiger partial charge in [0.2, 0.25) is 5.91 Å². The van der Waals surface area contributed by atoms with Crippen LogP contribution in [0.5, 0.6) is 0 Å². The van der Waals surface area contributed by atoms with Gasteiger partial charge in [-0.15, -0.1) is 0 Å². The molecule has 0 aromatic heterocycles. The summed E-state index contributed by atoms with van der Waals surface area (Å²) in [6, 6.07) is 6.07. The van der Waals surface area contributed by atoms with Gasteiger partial charge in [-0.1, -0.05) is 0 Å². The molecule has 0 radical (unpaired) electrons. The number of hydrogen-bond donors (Lipinski definition) is 1. The van der Waals surface area contributed by atoms with Gasteiger partial charge in [-0.2, -0.15) is 10.6 Å². The van der Waals surface area contributed by atoms with Gasteiger partial charge in [-0.3, -0.25) is 14.4 Å². The Morgan fingerprint density at radius 3 is 2.57 bits per heavy atom. The number of anilines is 1. The third kappa shape index (κ3) is 4.47. The van der Waals surface area contributed by atoms with E-state index in [4.69, 9.17) is 0 Å². The lowest BCUT2D eigenvalue weighted by molar-refractivity contribution is -0.150. The van der Waals surface area contributed by atoms with Crippen molar-refractivity contribution in [3.05, 3.63) is 29.8 Å². The molecule has 0 saturated carbocycles. The lowest BCUT2D eigenvalue weighted by Gasteiger charge is -2.19. The van der Waals surface area contributed by atoms with Gasteiger partial charge in [0.1, 0.15) is 12.2 Å². The molecule has 0 aliphatic carbocycles.